The molecule has 6 nitrogen and oxygen atoms in total. The number of rotatable bonds is 3. The Labute approximate surface area is 119 Å². The van der Waals surface area contributed by atoms with Crippen molar-refractivity contribution in [1.82, 2.24) is 5.01 Å². The highest BCUT2D eigenvalue weighted by Crippen LogP contribution is 2.26. The van der Waals surface area contributed by atoms with Gasteiger partial charge in [0.05, 0.1) is 10.6 Å². The van der Waals surface area contributed by atoms with Crippen LogP contribution in [0.4, 0.5) is 0 Å². The Balaban J connectivity index is 2.45. The number of hydrogen-bond donors (Lipinski definition) is 2. The fourth-order valence-corrected chi connectivity index (χ4v) is 2.92. The molecule has 0 aromatic heterocycles. The Morgan fingerprint density at radius 3 is 2.55 bits per heavy atom. The fourth-order valence-electron chi connectivity index (χ4n) is 2.27. The first-order chi connectivity index (χ1) is 9.32. The molecule has 0 saturated heterocycles. The van der Waals surface area contributed by atoms with Crippen molar-refractivity contribution in [3.63, 3.8) is 0 Å². The van der Waals surface area contributed by atoms with Gasteiger partial charge in [-0.2, -0.15) is 5.10 Å². The maximum absolute atomic E-state index is 12.5. The van der Waals surface area contributed by atoms with Gasteiger partial charge in [0.25, 0.3) is 0 Å². The minimum Gasteiger partial charge on any atom is -0.371 e. The van der Waals surface area contributed by atoms with Gasteiger partial charge in [0.15, 0.2) is 23.1 Å². The predicted octanol–water partition coefficient (Wildman–Crippen LogP) is 1.01. The maximum Gasteiger partial charge on any atom is 0.187 e. The topological polar surface area (TPSA) is 90.2 Å². The number of hydrogen-bond acceptors (Lipinski definition) is 5. The van der Waals surface area contributed by atoms with Crippen LogP contribution < -0.4 is 0 Å². The quantitative estimate of drug-likeness (QED) is 0.642. The summed E-state index contributed by atoms with van der Waals surface area (Å²) in [6.07, 6.45) is -1.05. The Bertz CT molecular complexity index is 614. The molecule has 2 rings (SSSR count). The summed E-state index contributed by atoms with van der Waals surface area (Å²) in [6, 6.07) is 4.71. The van der Waals surface area contributed by atoms with Crippen LogP contribution in [0, 0.1) is 12.8 Å². The minimum atomic E-state index is -2.26. The highest BCUT2D eigenvalue weighted by atomic mass is 32.2. The molecule has 7 heteroatoms. The van der Waals surface area contributed by atoms with E-state index in [-0.39, 0.29) is 10.5 Å². The normalized spacial score (nSPS) is 23.6. The summed E-state index contributed by atoms with van der Waals surface area (Å²) in [5.41, 5.74) is 1.42. The minimum absolute atomic E-state index is 0.0598. The smallest absolute Gasteiger partial charge is 0.187 e. The van der Waals surface area contributed by atoms with Gasteiger partial charge in [0.1, 0.15) is 5.92 Å². The van der Waals surface area contributed by atoms with Crippen molar-refractivity contribution in [2.45, 2.75) is 25.0 Å². The number of benzene rings is 1. The molecule has 108 valence electrons. The number of aliphatic hydroxyl groups excluding tert-OH is 1. The van der Waals surface area contributed by atoms with Gasteiger partial charge in [-0.25, -0.2) is 4.21 Å². The van der Waals surface area contributed by atoms with Crippen LogP contribution >= 0.6 is 0 Å². The summed E-state index contributed by atoms with van der Waals surface area (Å²) < 4.78 is 20.7. The largest absolute Gasteiger partial charge is 0.371 e. The molecular formula is C13H16N2O4S. The van der Waals surface area contributed by atoms with Crippen LogP contribution in [0.5, 0.6) is 0 Å². The third-order valence-corrected chi connectivity index (χ3v) is 4.03. The lowest BCUT2D eigenvalue weighted by molar-refractivity contribution is 0.0163. The third-order valence-electron chi connectivity index (χ3n) is 3.32. The molecule has 0 radical (unpaired) electrons. The molecule has 3 atom stereocenters. The highest BCUT2D eigenvalue weighted by molar-refractivity contribution is 7.79. The van der Waals surface area contributed by atoms with Crippen LogP contribution in [0.15, 0.2) is 28.2 Å². The second-order valence-electron chi connectivity index (χ2n) is 4.82. The van der Waals surface area contributed by atoms with Gasteiger partial charge in [-0.3, -0.25) is 9.80 Å². The van der Waals surface area contributed by atoms with Crippen molar-refractivity contribution >= 4 is 22.6 Å². The van der Waals surface area contributed by atoms with E-state index in [4.69, 9.17) is 0 Å². The third kappa shape index (κ3) is 2.52. The van der Waals surface area contributed by atoms with Crippen LogP contribution in [0.1, 0.15) is 22.8 Å². The fraction of sp³-hybridized carbons (Fsp3) is 0.385. The molecular weight excluding hydrogens is 280 g/mol. The number of carbonyl (C=O) groups is 1. The van der Waals surface area contributed by atoms with Gasteiger partial charge in [-0.1, -0.05) is 6.07 Å². The molecule has 1 aliphatic heterocycles. The number of carbonyl (C=O) groups excluding carboxylic acids is 1. The second-order valence-corrected chi connectivity index (χ2v) is 5.76. The van der Waals surface area contributed by atoms with Crippen LogP contribution in [-0.2, 0) is 11.1 Å². The predicted molar refractivity (Wildman–Crippen MR) is 74.9 cm³/mol. The van der Waals surface area contributed by atoms with Crippen molar-refractivity contribution in [2.75, 3.05) is 7.05 Å². The first kappa shape index (κ1) is 14.8. The molecule has 0 amide bonds. The van der Waals surface area contributed by atoms with Gasteiger partial charge in [0.2, 0.25) is 0 Å². The first-order valence-electron chi connectivity index (χ1n) is 6.04. The van der Waals surface area contributed by atoms with Crippen molar-refractivity contribution in [1.29, 1.82) is 0 Å². The van der Waals surface area contributed by atoms with Crippen molar-refractivity contribution in [3.8, 4) is 0 Å². The Morgan fingerprint density at radius 2 is 2.05 bits per heavy atom. The molecule has 1 aliphatic rings. The monoisotopic (exact) mass is 296 g/mol. The lowest BCUT2D eigenvalue weighted by Gasteiger charge is -2.19. The summed E-state index contributed by atoms with van der Waals surface area (Å²) in [5.74, 6) is -1.22. The summed E-state index contributed by atoms with van der Waals surface area (Å²) in [5, 5.41) is 15.3. The summed E-state index contributed by atoms with van der Waals surface area (Å²) >= 11 is -2.26. The Hall–Kier alpha value is -1.57. The Kier molecular flexibility index (Phi) is 4.03. The molecule has 0 saturated carbocycles. The lowest BCUT2D eigenvalue weighted by atomic mass is 9.92. The van der Waals surface area contributed by atoms with Gasteiger partial charge in [0, 0.05) is 12.6 Å². The molecule has 0 fully saturated rings. The van der Waals surface area contributed by atoms with E-state index >= 15 is 0 Å². The van der Waals surface area contributed by atoms with Gasteiger partial charge >= 0.3 is 0 Å². The molecule has 3 unspecified atom stereocenters. The van der Waals surface area contributed by atoms with E-state index in [1.54, 1.807) is 27.0 Å². The summed E-state index contributed by atoms with van der Waals surface area (Å²) in [6.45, 7) is 3.43. The lowest BCUT2D eigenvalue weighted by Crippen LogP contribution is -2.36. The number of nitrogens with zero attached hydrogens (tertiary/aromatic N) is 2. The first-order valence-corrected chi connectivity index (χ1v) is 7.15. The van der Waals surface area contributed by atoms with E-state index in [0.717, 1.165) is 5.56 Å². The molecule has 1 heterocycles. The second kappa shape index (κ2) is 5.43. The number of ketones is 1. The molecule has 0 spiro atoms. The van der Waals surface area contributed by atoms with E-state index in [2.05, 4.69) is 5.10 Å². The van der Waals surface area contributed by atoms with Crippen molar-refractivity contribution < 1.29 is 18.7 Å². The van der Waals surface area contributed by atoms with Crippen molar-refractivity contribution in [3.05, 3.63) is 29.3 Å². The molecule has 0 bridgehead atoms. The molecule has 0 aliphatic carbocycles. The van der Waals surface area contributed by atoms with Crippen LogP contribution in [0.25, 0.3) is 0 Å². The molecule has 1 aromatic rings. The Morgan fingerprint density at radius 1 is 1.40 bits per heavy atom. The zero-order valence-electron chi connectivity index (χ0n) is 11.4. The standard InChI is InChI=1S/C13H16N2O4S/c1-7-4-5-9(10(6-7)20(18)19)12(16)11-8(2)14-15(3)13(11)17/h4-6,11,13,17H,1-3H3,(H,18,19). The SMILES string of the molecule is CC1=NN(C)C(O)C1C(=O)c1ccc(C)cc1S(=O)O. The van der Waals surface area contributed by atoms with Crippen molar-refractivity contribution in [2.24, 2.45) is 11.0 Å². The van der Waals surface area contributed by atoms with E-state index in [1.807, 2.05) is 0 Å². The number of aliphatic hydroxyl groups is 1. The maximum atomic E-state index is 12.5. The zero-order valence-corrected chi connectivity index (χ0v) is 12.2. The van der Waals surface area contributed by atoms with E-state index in [1.165, 1.54) is 17.1 Å². The molecule has 2 N–H and O–H groups in total. The molecule has 1 aromatic carbocycles. The van der Waals surface area contributed by atoms with Crippen LogP contribution in [0.2, 0.25) is 0 Å². The van der Waals surface area contributed by atoms with Crippen LogP contribution in [0.3, 0.4) is 0 Å². The number of aryl methyl sites for hydroxylation is 1. The summed E-state index contributed by atoms with van der Waals surface area (Å²) in [4.78, 5) is 12.6. The van der Waals surface area contributed by atoms with Gasteiger partial charge in [-0.05, 0) is 31.5 Å². The number of hydrazone groups is 1. The zero-order chi connectivity index (χ0) is 15.0. The average molecular weight is 296 g/mol. The highest BCUT2D eigenvalue weighted by Gasteiger charge is 2.38. The average Bonchev–Trinajstić information content (AvgIpc) is 2.62. The summed E-state index contributed by atoms with van der Waals surface area (Å²) in [7, 11) is 1.57. The van der Waals surface area contributed by atoms with Gasteiger partial charge < -0.3 is 9.66 Å². The van der Waals surface area contributed by atoms with Crippen LogP contribution in [-0.4, -0.2) is 43.6 Å². The van der Waals surface area contributed by atoms with Gasteiger partial charge in [-0.15, -0.1) is 0 Å². The van der Waals surface area contributed by atoms with E-state index < -0.39 is 29.0 Å². The molecule has 20 heavy (non-hydrogen) atoms. The number of Topliss-reactive ketones (excluding diaryl/α,β-unsaturated/α-hetero) is 1. The van der Waals surface area contributed by atoms with E-state index in [0.29, 0.717) is 5.71 Å². The van der Waals surface area contributed by atoms with E-state index in [9.17, 15) is 18.7 Å².